The molecule has 28 heavy (non-hydrogen) atoms. The highest BCUT2D eigenvalue weighted by atomic mass is 32.2. The number of hydrogen-bond acceptors (Lipinski definition) is 5. The van der Waals surface area contributed by atoms with E-state index in [0.717, 1.165) is 16.8 Å². The van der Waals surface area contributed by atoms with Crippen molar-refractivity contribution in [3.8, 4) is 0 Å². The van der Waals surface area contributed by atoms with Crippen LogP contribution in [0, 0.1) is 5.92 Å². The van der Waals surface area contributed by atoms with E-state index in [1.807, 2.05) is 25.1 Å². The van der Waals surface area contributed by atoms with Crippen LogP contribution in [0.5, 0.6) is 0 Å². The van der Waals surface area contributed by atoms with Crippen molar-refractivity contribution in [1.82, 2.24) is 16.0 Å². The molecule has 0 spiro atoms. The van der Waals surface area contributed by atoms with Crippen molar-refractivity contribution in [2.24, 2.45) is 5.92 Å². The molecule has 0 radical (unpaired) electrons. The van der Waals surface area contributed by atoms with E-state index < -0.39 is 5.25 Å². The number of amides is 4. The number of thioether (sulfide) groups is 1. The minimum atomic E-state index is -0.432. The van der Waals surface area contributed by atoms with Gasteiger partial charge in [-0.25, -0.2) is 4.79 Å². The topological polar surface area (TPSA) is 99.8 Å². The molecule has 2 aliphatic heterocycles. The van der Waals surface area contributed by atoms with Gasteiger partial charge in [-0.05, 0) is 17.2 Å². The van der Waals surface area contributed by atoms with Gasteiger partial charge in [0.15, 0.2) is 0 Å². The first-order valence-electron chi connectivity index (χ1n) is 9.24. The maximum absolute atomic E-state index is 12.7. The molecule has 1 fully saturated rings. The first-order valence-corrected chi connectivity index (χ1v) is 10.2. The van der Waals surface area contributed by atoms with E-state index in [1.165, 1.54) is 11.8 Å². The molecule has 0 saturated carbocycles. The summed E-state index contributed by atoms with van der Waals surface area (Å²) in [5.74, 6) is 0.132. The van der Waals surface area contributed by atoms with E-state index in [-0.39, 0.29) is 35.7 Å². The van der Waals surface area contributed by atoms with Gasteiger partial charge in [-0.2, -0.15) is 0 Å². The first-order chi connectivity index (χ1) is 13.4. The second-order valence-electron chi connectivity index (χ2n) is 7.14. The number of likely N-dealkylation sites (N-methyl/N-ethyl adjacent to an activating group) is 1. The Bertz CT molecular complexity index is 772. The van der Waals surface area contributed by atoms with Crippen LogP contribution in [0.25, 0.3) is 0 Å². The number of benzene rings is 1. The van der Waals surface area contributed by atoms with Gasteiger partial charge in [0.25, 0.3) is 0 Å². The van der Waals surface area contributed by atoms with Crippen LogP contribution in [-0.4, -0.2) is 55.8 Å². The maximum Gasteiger partial charge on any atom is 0.315 e. The number of rotatable bonds is 7. The van der Waals surface area contributed by atoms with E-state index in [4.69, 9.17) is 4.74 Å². The van der Waals surface area contributed by atoms with E-state index in [1.54, 1.807) is 19.1 Å². The largest absolute Gasteiger partial charge is 0.383 e. The van der Waals surface area contributed by atoms with Crippen molar-refractivity contribution in [3.63, 3.8) is 0 Å². The van der Waals surface area contributed by atoms with Gasteiger partial charge >= 0.3 is 6.03 Å². The standard InChI is InChI=1S/C19H26N4O4S/c1-11-8-21-19(26)22-18(11)28-15(10-27-3)17(25)20-9-12-4-5-14-13(6-12)7-16(24)23(14)2/h4-6,11,15,18H,7-10H2,1-3H3,(H,20,25)(H2,21,22,26)/t11?,15-,18?/m1/s1. The molecule has 9 heteroatoms. The fourth-order valence-corrected chi connectivity index (χ4v) is 4.61. The molecule has 1 aromatic rings. The van der Waals surface area contributed by atoms with Gasteiger partial charge in [0.1, 0.15) is 5.25 Å². The van der Waals surface area contributed by atoms with Crippen LogP contribution >= 0.6 is 11.8 Å². The molecule has 1 saturated heterocycles. The van der Waals surface area contributed by atoms with E-state index in [9.17, 15) is 14.4 Å². The number of methoxy groups -OCH3 is 1. The Morgan fingerprint density at radius 2 is 2.21 bits per heavy atom. The number of urea groups is 1. The third-order valence-corrected chi connectivity index (χ3v) is 6.54. The molecule has 2 unspecified atom stereocenters. The summed E-state index contributed by atoms with van der Waals surface area (Å²) < 4.78 is 5.21. The zero-order valence-corrected chi connectivity index (χ0v) is 17.1. The van der Waals surface area contributed by atoms with Crippen LogP contribution in [0.2, 0.25) is 0 Å². The number of nitrogens with one attached hydrogen (secondary N) is 3. The summed E-state index contributed by atoms with van der Waals surface area (Å²) in [6.07, 6.45) is 0.392. The molecule has 8 nitrogen and oxygen atoms in total. The number of anilines is 1. The molecule has 1 aromatic carbocycles. The second-order valence-corrected chi connectivity index (χ2v) is 8.49. The van der Waals surface area contributed by atoms with Gasteiger partial charge in [-0.15, -0.1) is 11.8 Å². The molecular weight excluding hydrogens is 380 g/mol. The molecule has 0 aliphatic carbocycles. The van der Waals surface area contributed by atoms with E-state index in [0.29, 0.717) is 19.5 Å². The molecule has 0 bridgehead atoms. The third-order valence-electron chi connectivity index (χ3n) is 4.98. The molecule has 152 valence electrons. The van der Waals surface area contributed by atoms with Gasteiger partial charge < -0.3 is 25.6 Å². The number of nitrogens with zero attached hydrogens (tertiary/aromatic N) is 1. The predicted octanol–water partition coefficient (Wildman–Crippen LogP) is 0.845. The van der Waals surface area contributed by atoms with Crippen LogP contribution in [0.3, 0.4) is 0 Å². The Morgan fingerprint density at radius 3 is 2.96 bits per heavy atom. The van der Waals surface area contributed by atoms with Crippen molar-refractivity contribution < 1.29 is 19.1 Å². The van der Waals surface area contributed by atoms with E-state index in [2.05, 4.69) is 16.0 Å². The quantitative estimate of drug-likeness (QED) is 0.623. The number of carbonyl (C=O) groups is 3. The molecule has 0 aromatic heterocycles. The summed E-state index contributed by atoms with van der Waals surface area (Å²) in [6.45, 7) is 3.23. The van der Waals surface area contributed by atoms with Gasteiger partial charge in [-0.1, -0.05) is 19.1 Å². The minimum Gasteiger partial charge on any atom is -0.383 e. The highest BCUT2D eigenvalue weighted by Gasteiger charge is 2.31. The number of ether oxygens (including phenoxy) is 1. The lowest BCUT2D eigenvalue weighted by molar-refractivity contribution is -0.121. The Labute approximate surface area is 168 Å². The third kappa shape index (κ3) is 4.59. The van der Waals surface area contributed by atoms with Crippen LogP contribution in [-0.2, 0) is 27.3 Å². The van der Waals surface area contributed by atoms with Crippen molar-refractivity contribution in [2.45, 2.75) is 30.5 Å². The lowest BCUT2D eigenvalue weighted by atomic mass is 10.1. The van der Waals surface area contributed by atoms with Gasteiger partial charge in [0, 0.05) is 38.9 Å². The first kappa shape index (κ1) is 20.5. The summed E-state index contributed by atoms with van der Waals surface area (Å²) in [6, 6.07) is 5.58. The lowest BCUT2D eigenvalue weighted by Gasteiger charge is -2.32. The molecule has 2 aliphatic rings. The molecule has 3 rings (SSSR count). The second kappa shape index (κ2) is 8.83. The van der Waals surface area contributed by atoms with Crippen LogP contribution in [0.15, 0.2) is 18.2 Å². The molecular formula is C19H26N4O4S. The zero-order chi connectivity index (χ0) is 20.3. The summed E-state index contributed by atoms with van der Waals surface area (Å²) in [5.41, 5.74) is 2.84. The highest BCUT2D eigenvalue weighted by molar-refractivity contribution is 8.01. The van der Waals surface area contributed by atoms with Crippen LogP contribution in [0.4, 0.5) is 10.5 Å². The fourth-order valence-electron chi connectivity index (χ4n) is 3.29. The highest BCUT2D eigenvalue weighted by Crippen LogP contribution is 2.28. The SMILES string of the molecule is COC[C@@H](SC1NC(=O)NCC1C)C(=O)NCc1ccc2c(c1)CC(=O)N2C. The number of fused-ring (bicyclic) bond motifs is 1. The Kier molecular flexibility index (Phi) is 6.46. The number of hydrogen-bond donors (Lipinski definition) is 3. The summed E-state index contributed by atoms with van der Waals surface area (Å²) >= 11 is 1.41. The zero-order valence-electron chi connectivity index (χ0n) is 16.3. The summed E-state index contributed by atoms with van der Waals surface area (Å²) in [5, 5.41) is 7.97. The Morgan fingerprint density at radius 1 is 1.43 bits per heavy atom. The average molecular weight is 407 g/mol. The average Bonchev–Trinajstić information content (AvgIpc) is 2.95. The number of carbonyl (C=O) groups excluding carboxylic acids is 3. The van der Waals surface area contributed by atoms with Crippen LogP contribution < -0.4 is 20.9 Å². The normalized spacial score (nSPS) is 22.3. The van der Waals surface area contributed by atoms with E-state index >= 15 is 0 Å². The minimum absolute atomic E-state index is 0.0749. The van der Waals surface area contributed by atoms with Gasteiger partial charge in [-0.3, -0.25) is 9.59 Å². The lowest BCUT2D eigenvalue weighted by Crippen LogP contribution is -2.54. The fraction of sp³-hybridized carbons (Fsp3) is 0.526. The summed E-state index contributed by atoms with van der Waals surface area (Å²) in [4.78, 5) is 37.8. The maximum atomic E-state index is 12.7. The Balaban J connectivity index is 1.59. The molecule has 2 heterocycles. The monoisotopic (exact) mass is 406 g/mol. The van der Waals surface area contributed by atoms with Gasteiger partial charge in [0.2, 0.25) is 11.8 Å². The van der Waals surface area contributed by atoms with Crippen molar-refractivity contribution in [3.05, 3.63) is 29.3 Å². The molecule has 3 N–H and O–H groups in total. The van der Waals surface area contributed by atoms with Crippen molar-refractivity contribution in [2.75, 3.05) is 32.2 Å². The van der Waals surface area contributed by atoms with Gasteiger partial charge in [0.05, 0.1) is 18.4 Å². The molecule has 4 amide bonds. The predicted molar refractivity (Wildman–Crippen MR) is 108 cm³/mol. The smallest absolute Gasteiger partial charge is 0.315 e. The van der Waals surface area contributed by atoms with Crippen molar-refractivity contribution >= 4 is 35.3 Å². The van der Waals surface area contributed by atoms with Crippen molar-refractivity contribution in [1.29, 1.82) is 0 Å². The van der Waals surface area contributed by atoms with Crippen LogP contribution in [0.1, 0.15) is 18.1 Å². The molecule has 3 atom stereocenters. The Hall–Kier alpha value is -2.26. The summed E-state index contributed by atoms with van der Waals surface area (Å²) in [7, 11) is 3.32.